The molecule has 4 rings (SSSR count). The number of nitrogens with zero attached hydrogens (tertiary/aromatic N) is 4. The van der Waals surface area contributed by atoms with E-state index in [1.165, 1.54) is 21.1 Å². The average molecular weight is 526 g/mol. The standard InChI is InChI=1S/C23H29ClFN5O4S/c1-15-22(16(2)30(27-15)14-21(31)28-9-3-4-10-28)35(33,34)29-11-5-6-17(13-29)23(32)26-18-7-8-20(25)19(24)12-18/h7-8,12,17H,3-6,9-11,13-14H2,1-2H3,(H,26,32)/t17-/m0/s1. The Kier molecular flexibility index (Phi) is 7.48. The second-order valence-corrected chi connectivity index (χ2v) is 11.3. The molecule has 1 N–H and O–H groups in total. The molecule has 9 nitrogen and oxygen atoms in total. The van der Waals surface area contributed by atoms with Gasteiger partial charge in [-0.3, -0.25) is 14.3 Å². The predicted molar refractivity (Wildman–Crippen MR) is 129 cm³/mol. The van der Waals surface area contributed by atoms with E-state index in [1.54, 1.807) is 18.7 Å². The molecule has 190 valence electrons. The topological polar surface area (TPSA) is 105 Å². The molecule has 2 fully saturated rings. The summed E-state index contributed by atoms with van der Waals surface area (Å²) in [5.41, 5.74) is 1.07. The van der Waals surface area contributed by atoms with Gasteiger partial charge < -0.3 is 10.2 Å². The van der Waals surface area contributed by atoms with Crippen LogP contribution >= 0.6 is 11.6 Å². The van der Waals surface area contributed by atoms with Crippen LogP contribution < -0.4 is 5.32 Å². The first-order valence-electron chi connectivity index (χ1n) is 11.7. The Hall–Kier alpha value is -2.50. The lowest BCUT2D eigenvalue weighted by molar-refractivity contribution is -0.131. The van der Waals surface area contributed by atoms with Gasteiger partial charge in [0.05, 0.1) is 22.3 Å². The summed E-state index contributed by atoms with van der Waals surface area (Å²) < 4.78 is 43.3. The zero-order chi connectivity index (χ0) is 25.3. The molecule has 1 aromatic carbocycles. The maximum Gasteiger partial charge on any atom is 0.246 e. The van der Waals surface area contributed by atoms with Crippen molar-refractivity contribution in [1.82, 2.24) is 19.0 Å². The number of hydrogen-bond donors (Lipinski definition) is 1. The van der Waals surface area contributed by atoms with E-state index in [4.69, 9.17) is 11.6 Å². The van der Waals surface area contributed by atoms with Crippen LogP contribution in [0.2, 0.25) is 5.02 Å². The summed E-state index contributed by atoms with van der Waals surface area (Å²) in [6.07, 6.45) is 2.98. The number of aromatic nitrogens is 2. The number of rotatable bonds is 6. The van der Waals surface area contributed by atoms with Crippen LogP contribution in [0.3, 0.4) is 0 Å². The van der Waals surface area contributed by atoms with Gasteiger partial charge in [0.25, 0.3) is 0 Å². The summed E-state index contributed by atoms with van der Waals surface area (Å²) in [6.45, 7) is 4.98. The largest absolute Gasteiger partial charge is 0.341 e. The molecule has 2 aliphatic rings. The van der Waals surface area contributed by atoms with Gasteiger partial charge in [-0.25, -0.2) is 12.8 Å². The fraction of sp³-hybridized carbons (Fsp3) is 0.522. The Bertz CT molecular complexity index is 1240. The highest BCUT2D eigenvalue weighted by Gasteiger charge is 2.37. The van der Waals surface area contributed by atoms with E-state index in [9.17, 15) is 22.4 Å². The van der Waals surface area contributed by atoms with E-state index in [0.717, 1.165) is 18.9 Å². The lowest BCUT2D eigenvalue weighted by Crippen LogP contribution is -2.44. The molecule has 1 aromatic heterocycles. The Morgan fingerprint density at radius 2 is 1.89 bits per heavy atom. The SMILES string of the molecule is Cc1nn(CC(=O)N2CCCC2)c(C)c1S(=O)(=O)N1CCC[C@H](C(=O)Nc2ccc(F)c(Cl)c2)C1. The lowest BCUT2D eigenvalue weighted by Gasteiger charge is -2.31. The Labute approximate surface area is 209 Å². The molecular formula is C23H29ClFN5O4S. The van der Waals surface area contributed by atoms with Crippen molar-refractivity contribution in [3.63, 3.8) is 0 Å². The van der Waals surface area contributed by atoms with Gasteiger partial charge in [0.2, 0.25) is 21.8 Å². The van der Waals surface area contributed by atoms with Crippen LogP contribution in [0.5, 0.6) is 0 Å². The predicted octanol–water partition coefficient (Wildman–Crippen LogP) is 2.95. The quantitative estimate of drug-likeness (QED) is 0.624. The van der Waals surface area contributed by atoms with Crippen LogP contribution in [0.1, 0.15) is 37.1 Å². The highest BCUT2D eigenvalue weighted by Crippen LogP contribution is 2.29. The van der Waals surface area contributed by atoms with E-state index >= 15 is 0 Å². The number of nitrogens with one attached hydrogen (secondary N) is 1. The smallest absolute Gasteiger partial charge is 0.246 e. The van der Waals surface area contributed by atoms with E-state index in [-0.39, 0.29) is 41.4 Å². The van der Waals surface area contributed by atoms with Crippen molar-refractivity contribution in [1.29, 1.82) is 0 Å². The highest BCUT2D eigenvalue weighted by atomic mass is 35.5. The molecule has 12 heteroatoms. The van der Waals surface area contributed by atoms with Gasteiger partial charge in [-0.15, -0.1) is 0 Å². The van der Waals surface area contributed by atoms with Crippen molar-refractivity contribution >= 4 is 39.1 Å². The number of benzene rings is 1. The van der Waals surface area contributed by atoms with E-state index in [0.29, 0.717) is 43.0 Å². The van der Waals surface area contributed by atoms with Crippen molar-refractivity contribution in [2.45, 2.75) is 51.0 Å². The minimum atomic E-state index is -3.93. The summed E-state index contributed by atoms with van der Waals surface area (Å²) in [4.78, 5) is 27.3. The summed E-state index contributed by atoms with van der Waals surface area (Å²) >= 11 is 5.79. The summed E-state index contributed by atoms with van der Waals surface area (Å²) in [7, 11) is -3.93. The molecule has 0 unspecified atom stereocenters. The summed E-state index contributed by atoms with van der Waals surface area (Å²) in [6, 6.07) is 3.88. The molecule has 0 radical (unpaired) electrons. The number of sulfonamides is 1. The van der Waals surface area contributed by atoms with E-state index < -0.39 is 21.8 Å². The molecule has 3 heterocycles. The molecule has 2 aromatic rings. The van der Waals surface area contributed by atoms with Gasteiger partial charge in [-0.2, -0.15) is 9.40 Å². The fourth-order valence-electron chi connectivity index (χ4n) is 4.72. The second kappa shape index (κ2) is 10.2. The number of halogens is 2. The average Bonchev–Trinajstić information content (AvgIpc) is 3.45. The highest BCUT2D eigenvalue weighted by molar-refractivity contribution is 7.89. The number of hydrogen-bond acceptors (Lipinski definition) is 5. The molecule has 35 heavy (non-hydrogen) atoms. The van der Waals surface area contributed by atoms with Crippen molar-refractivity contribution in [2.24, 2.45) is 5.92 Å². The Morgan fingerprint density at radius 3 is 2.57 bits per heavy atom. The van der Waals surface area contributed by atoms with Crippen LogP contribution in [0.4, 0.5) is 10.1 Å². The first-order valence-corrected chi connectivity index (χ1v) is 13.5. The fourth-order valence-corrected chi connectivity index (χ4v) is 6.80. The third-order valence-corrected chi connectivity index (χ3v) is 9.01. The van der Waals surface area contributed by atoms with Gasteiger partial charge in [-0.05, 0) is 57.7 Å². The van der Waals surface area contributed by atoms with Gasteiger partial charge in [-0.1, -0.05) is 11.6 Å². The molecule has 0 aliphatic carbocycles. The first-order chi connectivity index (χ1) is 16.6. The number of aryl methyl sites for hydroxylation is 1. The minimum absolute atomic E-state index is 0.00649. The van der Waals surface area contributed by atoms with Crippen molar-refractivity contribution in [3.05, 3.63) is 40.4 Å². The zero-order valence-electron chi connectivity index (χ0n) is 19.8. The molecule has 1 atom stereocenters. The second-order valence-electron chi connectivity index (χ2n) is 9.07. The van der Waals surface area contributed by atoms with Crippen LogP contribution in [0.25, 0.3) is 0 Å². The van der Waals surface area contributed by atoms with Crippen LogP contribution in [0.15, 0.2) is 23.1 Å². The van der Waals surface area contributed by atoms with Crippen molar-refractivity contribution in [3.8, 4) is 0 Å². The molecule has 0 spiro atoms. The summed E-state index contributed by atoms with van der Waals surface area (Å²) in [5, 5.41) is 6.94. The molecular weight excluding hydrogens is 497 g/mol. The number of piperidine rings is 1. The number of likely N-dealkylation sites (tertiary alicyclic amines) is 1. The summed E-state index contributed by atoms with van der Waals surface area (Å²) in [5.74, 6) is -1.59. The molecule has 2 saturated heterocycles. The molecule has 2 aliphatic heterocycles. The first kappa shape index (κ1) is 25.6. The zero-order valence-corrected chi connectivity index (χ0v) is 21.3. The maximum atomic E-state index is 13.6. The van der Waals surface area contributed by atoms with Crippen LogP contribution in [-0.2, 0) is 26.2 Å². The maximum absolute atomic E-state index is 13.6. The third-order valence-electron chi connectivity index (χ3n) is 6.60. The third kappa shape index (κ3) is 5.36. The van der Waals surface area contributed by atoms with Crippen LogP contribution in [-0.4, -0.2) is 65.4 Å². The number of carbonyl (C=O) groups is 2. The van der Waals surface area contributed by atoms with Gasteiger partial charge in [0.1, 0.15) is 17.3 Å². The normalized spacial score (nSPS) is 19.2. The van der Waals surface area contributed by atoms with Crippen molar-refractivity contribution in [2.75, 3.05) is 31.5 Å². The minimum Gasteiger partial charge on any atom is -0.341 e. The van der Waals surface area contributed by atoms with E-state index in [1.807, 2.05) is 0 Å². The molecule has 0 bridgehead atoms. The number of amides is 2. The van der Waals surface area contributed by atoms with Crippen LogP contribution in [0, 0.1) is 25.6 Å². The van der Waals surface area contributed by atoms with Gasteiger partial charge >= 0.3 is 0 Å². The number of carbonyl (C=O) groups excluding carboxylic acids is 2. The van der Waals surface area contributed by atoms with Gasteiger partial charge in [0.15, 0.2) is 0 Å². The Morgan fingerprint density at radius 1 is 1.17 bits per heavy atom. The molecule has 2 amide bonds. The van der Waals surface area contributed by atoms with Gasteiger partial charge in [0, 0.05) is 31.9 Å². The lowest BCUT2D eigenvalue weighted by atomic mass is 9.99. The van der Waals surface area contributed by atoms with Crippen molar-refractivity contribution < 1.29 is 22.4 Å². The monoisotopic (exact) mass is 525 g/mol. The molecule has 0 saturated carbocycles. The Balaban J connectivity index is 1.49. The number of anilines is 1. The van der Waals surface area contributed by atoms with E-state index in [2.05, 4.69) is 10.4 Å².